The van der Waals surface area contributed by atoms with Crippen LogP contribution >= 0.6 is 0 Å². The Kier molecular flexibility index (Phi) is 10.7. The van der Waals surface area contributed by atoms with Crippen molar-refractivity contribution in [2.24, 2.45) is 0 Å². The predicted molar refractivity (Wildman–Crippen MR) is 186 cm³/mol. The van der Waals surface area contributed by atoms with Gasteiger partial charge in [0.15, 0.2) is 5.82 Å². The van der Waals surface area contributed by atoms with Gasteiger partial charge in [0.1, 0.15) is 29.2 Å². The third kappa shape index (κ3) is 7.38. The lowest BCUT2D eigenvalue weighted by Crippen LogP contribution is -2.59. The van der Waals surface area contributed by atoms with Crippen molar-refractivity contribution < 1.29 is 40.2 Å². The van der Waals surface area contributed by atoms with Gasteiger partial charge >= 0.3 is 12.1 Å². The molecule has 1 aliphatic rings. The molecule has 268 valence electrons. The molecule has 5 rings (SSSR count). The highest BCUT2D eigenvalue weighted by Crippen LogP contribution is 2.37. The van der Waals surface area contributed by atoms with E-state index in [1.165, 1.54) is 61.2 Å². The summed E-state index contributed by atoms with van der Waals surface area (Å²) in [5.74, 6) is -0.633. The molecule has 0 radical (unpaired) electrons. The highest BCUT2D eigenvalue weighted by molar-refractivity contribution is 6.03. The van der Waals surface area contributed by atoms with Crippen LogP contribution in [0, 0.1) is 11.6 Å². The summed E-state index contributed by atoms with van der Waals surface area (Å²) in [6.45, 7) is 3.93. The molecule has 2 N–H and O–H groups in total. The summed E-state index contributed by atoms with van der Waals surface area (Å²) in [5.41, 5.74) is 0.134. The fraction of sp³-hybridized carbons (Fsp3) is 0.324. The van der Waals surface area contributed by atoms with Crippen LogP contribution in [0.15, 0.2) is 65.5 Å². The Balaban J connectivity index is 0.00000364. The summed E-state index contributed by atoms with van der Waals surface area (Å²) in [6, 6.07) is 11.1. The van der Waals surface area contributed by atoms with Crippen molar-refractivity contribution in [1.82, 2.24) is 19.9 Å². The van der Waals surface area contributed by atoms with Crippen molar-refractivity contribution >= 4 is 40.3 Å². The van der Waals surface area contributed by atoms with Crippen LogP contribution in [0.2, 0.25) is 0 Å². The first-order chi connectivity index (χ1) is 23.9. The van der Waals surface area contributed by atoms with E-state index in [0.29, 0.717) is 11.4 Å². The smallest absolute Gasteiger partial charge is 0.407 e. The topological polar surface area (TPSA) is 148 Å². The number of benzene rings is 3. The van der Waals surface area contributed by atoms with Gasteiger partial charge in [0.2, 0.25) is 5.91 Å². The van der Waals surface area contributed by atoms with E-state index in [9.17, 15) is 28.0 Å². The van der Waals surface area contributed by atoms with Crippen LogP contribution in [0.4, 0.5) is 29.7 Å². The van der Waals surface area contributed by atoms with E-state index in [1.807, 2.05) is 0 Å². The Morgan fingerprint density at radius 1 is 0.900 bits per heavy atom. The van der Waals surface area contributed by atoms with Gasteiger partial charge in [0.25, 0.3) is 5.56 Å². The Morgan fingerprint density at radius 3 is 2.22 bits per heavy atom. The quantitative estimate of drug-likeness (QED) is 0.258. The molecule has 16 heteroatoms. The minimum absolute atomic E-state index is 0. The first kappa shape index (κ1) is 35.4. The Hall–Kier alpha value is -5.93. The number of alkyl carbamates (subject to hydrolysis) is 1. The number of ether oxygens (including phenoxy) is 3. The Bertz CT molecular complexity index is 1960. The number of amides is 4. The van der Waals surface area contributed by atoms with Gasteiger partial charge in [-0.2, -0.15) is 0 Å². The van der Waals surface area contributed by atoms with E-state index in [2.05, 4.69) is 15.4 Å². The second-order valence-electron chi connectivity index (χ2n) is 11.4. The van der Waals surface area contributed by atoms with Crippen LogP contribution in [0.25, 0.3) is 10.9 Å². The third-order valence-electron chi connectivity index (χ3n) is 8.30. The zero-order valence-electron chi connectivity index (χ0n) is 28.1. The summed E-state index contributed by atoms with van der Waals surface area (Å²) in [4.78, 5) is 60.7. The average molecular weight is 698 g/mol. The number of halogens is 2. The number of nitrogens with one attached hydrogen (secondary N) is 2. The summed E-state index contributed by atoms with van der Waals surface area (Å²) >= 11 is 0. The summed E-state index contributed by atoms with van der Waals surface area (Å²) < 4.78 is 45.1. The number of carbonyl (C=O) groups is 3. The van der Waals surface area contributed by atoms with Crippen molar-refractivity contribution in [3.05, 3.63) is 88.5 Å². The minimum atomic E-state index is -1.01. The molecule has 1 saturated heterocycles. The molecule has 1 aliphatic heterocycles. The van der Waals surface area contributed by atoms with E-state index >= 15 is 0 Å². The average Bonchev–Trinajstić information content (AvgIpc) is 3.12. The van der Waals surface area contributed by atoms with Crippen LogP contribution in [-0.2, 0) is 9.53 Å². The molecule has 2 heterocycles. The van der Waals surface area contributed by atoms with Crippen molar-refractivity contribution in [3.8, 4) is 11.5 Å². The largest absolute Gasteiger partial charge is 0.497 e. The third-order valence-corrected chi connectivity index (χ3v) is 8.30. The first-order valence-corrected chi connectivity index (χ1v) is 15.6. The summed E-state index contributed by atoms with van der Waals surface area (Å²) in [6.07, 6.45) is -0.741. The second kappa shape index (κ2) is 15.1. The van der Waals surface area contributed by atoms with Gasteiger partial charge in [-0.3, -0.25) is 14.5 Å². The van der Waals surface area contributed by atoms with E-state index in [1.54, 1.807) is 42.0 Å². The number of nitrogens with zero attached hydrogens (tertiary/aromatic N) is 5. The molecule has 3 aromatic carbocycles. The molecule has 0 aliphatic carbocycles. The molecule has 0 bridgehead atoms. The monoisotopic (exact) mass is 697 g/mol. The molecule has 1 unspecified atom stereocenters. The lowest BCUT2D eigenvalue weighted by Gasteiger charge is -2.39. The molecular formula is C34H41F2N7O7. The van der Waals surface area contributed by atoms with Gasteiger partial charge in [-0.25, -0.2) is 28.0 Å². The van der Waals surface area contributed by atoms with E-state index in [-0.39, 0.29) is 63.1 Å². The number of methoxy groups -OCH3 is 3. The molecule has 1 aromatic heterocycles. The zero-order chi connectivity index (χ0) is 36.1. The maximum atomic E-state index is 14.5. The molecule has 14 nitrogen and oxygen atoms in total. The number of rotatable bonds is 9. The first-order valence-electron chi connectivity index (χ1n) is 15.6. The highest BCUT2D eigenvalue weighted by Gasteiger charge is 2.33. The fourth-order valence-electron chi connectivity index (χ4n) is 5.71. The minimum Gasteiger partial charge on any atom is -0.497 e. The van der Waals surface area contributed by atoms with Crippen molar-refractivity contribution in [1.29, 1.82) is 0 Å². The number of carbonyl (C=O) groups excluding carboxylic acids is 3. The fourth-order valence-corrected chi connectivity index (χ4v) is 5.71. The lowest BCUT2D eigenvalue weighted by atomic mass is 10.1. The van der Waals surface area contributed by atoms with E-state index < -0.39 is 41.4 Å². The second-order valence-corrected chi connectivity index (χ2v) is 11.4. The van der Waals surface area contributed by atoms with Gasteiger partial charge in [-0.05, 0) is 62.4 Å². The lowest BCUT2D eigenvalue weighted by molar-refractivity contribution is -0.133. The number of aromatic nitrogens is 2. The number of fused-ring (bicyclic) bond motifs is 1. The van der Waals surface area contributed by atoms with Gasteiger partial charge in [0.05, 0.1) is 57.1 Å². The van der Waals surface area contributed by atoms with Gasteiger partial charge in [0, 0.05) is 33.8 Å². The van der Waals surface area contributed by atoms with Crippen LogP contribution in [0.5, 0.6) is 11.5 Å². The zero-order valence-corrected chi connectivity index (χ0v) is 28.1. The van der Waals surface area contributed by atoms with Crippen LogP contribution in [0.3, 0.4) is 0 Å². The molecule has 0 saturated carbocycles. The maximum absolute atomic E-state index is 14.5. The number of anilines is 2. The number of hydrogen-bond donors (Lipinski definition) is 2. The summed E-state index contributed by atoms with van der Waals surface area (Å²) in [5, 5.41) is 7.07. The Labute approximate surface area is 289 Å². The van der Waals surface area contributed by atoms with Crippen LogP contribution in [-0.4, -0.2) is 86.1 Å². The molecule has 4 amide bonds. The van der Waals surface area contributed by atoms with Crippen molar-refractivity contribution in [2.75, 3.05) is 62.7 Å². The maximum Gasteiger partial charge on any atom is 0.407 e. The highest BCUT2D eigenvalue weighted by atomic mass is 19.1. The molecule has 2 atom stereocenters. The van der Waals surface area contributed by atoms with Crippen molar-refractivity contribution in [2.45, 2.75) is 25.9 Å². The molecule has 50 heavy (non-hydrogen) atoms. The molecule has 0 spiro atoms. The standard InChI is InChI=1S/C34H37F2N7O7.2H2/c1-20(37-34(47)50-5)31(44)40-14-16-41(17-15-40)43-30(39-27-18-23(36)8-12-26(27)32(43)45)21(2)42(28-13-11-25(48-3)19-29(28)49-4)33(46)38-24-9-6-22(35)7-10-24;;/h6-13,18-21H,14-17H2,1-5H3,(H,37,47)(H,38,46);2*1H/t20-,21?;;/m0../s1. The molecule has 4 aromatic rings. The normalized spacial score (nSPS) is 14.1. The van der Waals surface area contributed by atoms with Gasteiger partial charge < -0.3 is 34.8 Å². The van der Waals surface area contributed by atoms with Crippen LogP contribution < -0.4 is 35.6 Å². The predicted octanol–water partition coefficient (Wildman–Crippen LogP) is 4.51. The van der Waals surface area contributed by atoms with Gasteiger partial charge in [-0.1, -0.05) is 0 Å². The number of piperazine rings is 1. The Morgan fingerprint density at radius 2 is 1.58 bits per heavy atom. The number of urea groups is 1. The van der Waals surface area contributed by atoms with E-state index in [0.717, 1.165) is 12.1 Å². The SMILES string of the molecule is COC(=O)N[C@@H](C)C(=O)N1CCN(n2c(C(C)N(C(=O)Nc3ccc(F)cc3)c3ccc(OC)cc3OC)nc3cc(F)ccc3c2=O)CC1.[HH].[HH]. The number of hydrogen-bond acceptors (Lipinski definition) is 9. The van der Waals surface area contributed by atoms with Crippen LogP contribution in [0.1, 0.15) is 28.6 Å². The van der Waals surface area contributed by atoms with Gasteiger partial charge in [-0.15, -0.1) is 0 Å². The summed E-state index contributed by atoms with van der Waals surface area (Å²) in [7, 11) is 4.11. The van der Waals surface area contributed by atoms with E-state index in [4.69, 9.17) is 14.5 Å². The van der Waals surface area contributed by atoms with Crippen molar-refractivity contribution in [3.63, 3.8) is 0 Å². The molecular weight excluding hydrogens is 656 g/mol. The molecule has 1 fully saturated rings.